The Balaban J connectivity index is 1.75. The molecule has 0 saturated carbocycles. The summed E-state index contributed by atoms with van der Waals surface area (Å²) < 4.78 is 5.39. The molecule has 1 heterocycles. The van der Waals surface area contributed by atoms with Crippen molar-refractivity contribution in [2.75, 3.05) is 31.2 Å². The maximum Gasteiger partial charge on any atom is 0.182 e. The maximum atomic E-state index is 13.0. The molecule has 0 amide bonds. The van der Waals surface area contributed by atoms with Gasteiger partial charge in [-0.3, -0.25) is 4.79 Å². The van der Waals surface area contributed by atoms with Crippen molar-refractivity contribution in [2.24, 2.45) is 5.73 Å². The van der Waals surface area contributed by atoms with E-state index < -0.39 is 5.54 Å². The number of ketones is 1. The lowest BCUT2D eigenvalue weighted by atomic mass is 9.82. The number of ether oxygens (including phenoxy) is 1. The second kappa shape index (κ2) is 7.81. The van der Waals surface area contributed by atoms with Crippen LogP contribution in [-0.4, -0.2) is 37.6 Å². The second-order valence-corrected chi connectivity index (χ2v) is 6.65. The SMILES string of the molecule is CCC(N)(Cc1ccccc1)C(=O)c1ccc(N2CCOCC2)cc1. The minimum Gasteiger partial charge on any atom is -0.378 e. The molecule has 0 spiro atoms. The molecule has 132 valence electrons. The highest BCUT2D eigenvalue weighted by Crippen LogP contribution is 2.23. The van der Waals surface area contributed by atoms with Gasteiger partial charge in [0.2, 0.25) is 0 Å². The van der Waals surface area contributed by atoms with Gasteiger partial charge in [0.15, 0.2) is 5.78 Å². The van der Waals surface area contributed by atoms with Gasteiger partial charge in [0.25, 0.3) is 0 Å². The summed E-state index contributed by atoms with van der Waals surface area (Å²) >= 11 is 0. The van der Waals surface area contributed by atoms with Crippen molar-refractivity contribution < 1.29 is 9.53 Å². The van der Waals surface area contributed by atoms with Crippen LogP contribution in [-0.2, 0) is 11.2 Å². The highest BCUT2D eigenvalue weighted by molar-refractivity contribution is 6.03. The molecule has 2 aromatic carbocycles. The molecule has 25 heavy (non-hydrogen) atoms. The Kier molecular flexibility index (Phi) is 5.51. The summed E-state index contributed by atoms with van der Waals surface area (Å²) in [5, 5.41) is 0. The molecule has 0 bridgehead atoms. The summed E-state index contributed by atoms with van der Waals surface area (Å²) in [5.74, 6) is 0.00683. The molecule has 0 aliphatic carbocycles. The van der Waals surface area contributed by atoms with Gasteiger partial charge in [-0.05, 0) is 42.7 Å². The van der Waals surface area contributed by atoms with E-state index in [-0.39, 0.29) is 5.78 Å². The van der Waals surface area contributed by atoms with E-state index in [0.29, 0.717) is 18.4 Å². The first-order chi connectivity index (χ1) is 12.1. The predicted octanol–water partition coefficient (Wildman–Crippen LogP) is 3.06. The lowest BCUT2D eigenvalue weighted by Crippen LogP contribution is -2.49. The number of benzene rings is 2. The van der Waals surface area contributed by atoms with E-state index in [1.54, 1.807) is 0 Å². The fourth-order valence-corrected chi connectivity index (χ4v) is 3.26. The van der Waals surface area contributed by atoms with Gasteiger partial charge in [-0.1, -0.05) is 37.3 Å². The molecular formula is C21H26N2O2. The number of anilines is 1. The smallest absolute Gasteiger partial charge is 0.182 e. The zero-order chi connectivity index (χ0) is 17.7. The number of carbonyl (C=O) groups excluding carboxylic acids is 1. The fourth-order valence-electron chi connectivity index (χ4n) is 3.26. The predicted molar refractivity (Wildman–Crippen MR) is 101 cm³/mol. The second-order valence-electron chi connectivity index (χ2n) is 6.65. The number of nitrogens with zero attached hydrogens (tertiary/aromatic N) is 1. The van der Waals surface area contributed by atoms with Crippen LogP contribution in [0.4, 0.5) is 5.69 Å². The number of hydrogen-bond donors (Lipinski definition) is 1. The van der Waals surface area contributed by atoms with Crippen molar-refractivity contribution in [3.05, 3.63) is 65.7 Å². The van der Waals surface area contributed by atoms with Crippen molar-refractivity contribution >= 4 is 11.5 Å². The van der Waals surface area contributed by atoms with Gasteiger partial charge in [-0.25, -0.2) is 0 Å². The zero-order valence-electron chi connectivity index (χ0n) is 14.8. The number of morpholine rings is 1. The van der Waals surface area contributed by atoms with Crippen LogP contribution in [0.15, 0.2) is 54.6 Å². The molecule has 2 N–H and O–H groups in total. The Morgan fingerprint density at radius 2 is 1.72 bits per heavy atom. The largest absolute Gasteiger partial charge is 0.378 e. The molecular weight excluding hydrogens is 312 g/mol. The molecule has 1 fully saturated rings. The topological polar surface area (TPSA) is 55.6 Å². The number of rotatable bonds is 6. The number of nitrogens with two attached hydrogens (primary N) is 1. The average molecular weight is 338 g/mol. The van der Waals surface area contributed by atoms with Gasteiger partial charge in [-0.15, -0.1) is 0 Å². The summed E-state index contributed by atoms with van der Waals surface area (Å²) in [6.07, 6.45) is 1.15. The third-order valence-electron chi connectivity index (χ3n) is 4.95. The molecule has 2 aromatic rings. The number of Topliss-reactive ketones (excluding diaryl/α,β-unsaturated/α-hetero) is 1. The lowest BCUT2D eigenvalue weighted by molar-refractivity contribution is 0.0883. The van der Waals surface area contributed by atoms with Crippen molar-refractivity contribution in [3.63, 3.8) is 0 Å². The summed E-state index contributed by atoms with van der Waals surface area (Å²) in [6, 6.07) is 17.8. The molecule has 0 radical (unpaired) electrons. The van der Waals surface area contributed by atoms with Crippen LogP contribution in [0.25, 0.3) is 0 Å². The Hall–Kier alpha value is -2.17. The third-order valence-corrected chi connectivity index (χ3v) is 4.95. The van der Waals surface area contributed by atoms with Gasteiger partial charge < -0.3 is 15.4 Å². The molecule has 3 rings (SSSR count). The van der Waals surface area contributed by atoms with Gasteiger partial charge >= 0.3 is 0 Å². The summed E-state index contributed by atoms with van der Waals surface area (Å²) in [4.78, 5) is 15.3. The van der Waals surface area contributed by atoms with Crippen molar-refractivity contribution in [1.29, 1.82) is 0 Å². The van der Waals surface area contributed by atoms with Gasteiger partial charge in [0, 0.05) is 24.3 Å². The molecule has 0 aromatic heterocycles. The first-order valence-electron chi connectivity index (χ1n) is 8.93. The van der Waals surface area contributed by atoms with Crippen LogP contribution in [0, 0.1) is 0 Å². The van der Waals surface area contributed by atoms with E-state index in [9.17, 15) is 4.79 Å². The minimum atomic E-state index is -0.873. The van der Waals surface area contributed by atoms with Crippen molar-refractivity contribution in [3.8, 4) is 0 Å². The van der Waals surface area contributed by atoms with Crippen LogP contribution >= 0.6 is 0 Å². The van der Waals surface area contributed by atoms with Gasteiger partial charge in [0.1, 0.15) is 0 Å². The van der Waals surface area contributed by atoms with E-state index in [1.807, 2.05) is 61.5 Å². The van der Waals surface area contributed by atoms with E-state index in [1.165, 1.54) is 0 Å². The molecule has 1 aliphatic heterocycles. The van der Waals surface area contributed by atoms with Crippen LogP contribution in [0.2, 0.25) is 0 Å². The molecule has 1 unspecified atom stereocenters. The van der Waals surface area contributed by atoms with Crippen molar-refractivity contribution in [2.45, 2.75) is 25.3 Å². The first-order valence-corrected chi connectivity index (χ1v) is 8.93. The lowest BCUT2D eigenvalue weighted by Gasteiger charge is -2.29. The first kappa shape index (κ1) is 17.6. The Morgan fingerprint density at radius 1 is 1.08 bits per heavy atom. The standard InChI is InChI=1S/C21H26N2O2/c1-2-21(22,16-17-6-4-3-5-7-17)20(24)18-8-10-19(11-9-18)23-12-14-25-15-13-23/h3-11H,2,12-16,22H2,1H3. The summed E-state index contributed by atoms with van der Waals surface area (Å²) in [6.45, 7) is 5.25. The van der Waals surface area contributed by atoms with Gasteiger partial charge in [0.05, 0.1) is 18.8 Å². The van der Waals surface area contributed by atoms with Crippen molar-refractivity contribution in [1.82, 2.24) is 0 Å². The monoisotopic (exact) mass is 338 g/mol. The van der Waals surface area contributed by atoms with Crippen LogP contribution < -0.4 is 10.6 Å². The van der Waals surface area contributed by atoms with E-state index in [4.69, 9.17) is 10.5 Å². The normalized spacial score (nSPS) is 17.1. The quantitative estimate of drug-likeness (QED) is 0.823. The van der Waals surface area contributed by atoms with Crippen LogP contribution in [0.5, 0.6) is 0 Å². The number of hydrogen-bond acceptors (Lipinski definition) is 4. The van der Waals surface area contributed by atoms with Crippen LogP contribution in [0.3, 0.4) is 0 Å². The highest BCUT2D eigenvalue weighted by Gasteiger charge is 2.33. The van der Waals surface area contributed by atoms with E-state index in [0.717, 1.165) is 37.6 Å². The highest BCUT2D eigenvalue weighted by atomic mass is 16.5. The van der Waals surface area contributed by atoms with E-state index >= 15 is 0 Å². The van der Waals surface area contributed by atoms with Crippen LogP contribution in [0.1, 0.15) is 29.3 Å². The maximum absolute atomic E-state index is 13.0. The molecule has 4 nitrogen and oxygen atoms in total. The number of carbonyl (C=O) groups is 1. The molecule has 1 aliphatic rings. The summed E-state index contributed by atoms with van der Waals surface area (Å²) in [5.41, 5.74) is 8.53. The molecule has 1 saturated heterocycles. The van der Waals surface area contributed by atoms with E-state index in [2.05, 4.69) is 4.90 Å². The molecule has 4 heteroatoms. The Labute approximate surface area is 149 Å². The van der Waals surface area contributed by atoms with Gasteiger partial charge in [-0.2, -0.15) is 0 Å². The zero-order valence-corrected chi connectivity index (χ0v) is 14.8. The Morgan fingerprint density at radius 3 is 2.32 bits per heavy atom. The average Bonchev–Trinajstić information content (AvgIpc) is 2.69. The molecule has 1 atom stereocenters. The summed E-state index contributed by atoms with van der Waals surface area (Å²) in [7, 11) is 0. The minimum absolute atomic E-state index is 0.00683. The fraction of sp³-hybridized carbons (Fsp3) is 0.381. The third kappa shape index (κ3) is 4.09. The Bertz CT molecular complexity index is 694.